The lowest BCUT2D eigenvalue weighted by Crippen LogP contribution is -2.39. The van der Waals surface area contributed by atoms with Crippen LogP contribution >= 0.6 is 0 Å². The van der Waals surface area contributed by atoms with Crippen LogP contribution in [0, 0.1) is 5.92 Å². The number of ether oxygens (including phenoxy) is 1. The monoisotopic (exact) mass is 434 g/mol. The molecular formula is C22H25F3N4O2. The average Bonchev–Trinajstić information content (AvgIpc) is 2.73. The van der Waals surface area contributed by atoms with Gasteiger partial charge in [0.1, 0.15) is 5.75 Å². The normalized spacial score (nSPS) is 15.4. The third-order valence-electron chi connectivity index (χ3n) is 4.84. The number of nitrogens with zero attached hydrogens (tertiary/aromatic N) is 3. The molecule has 1 saturated heterocycles. The molecule has 31 heavy (non-hydrogen) atoms. The van der Waals surface area contributed by atoms with Gasteiger partial charge in [-0.25, -0.2) is 4.79 Å². The van der Waals surface area contributed by atoms with E-state index in [4.69, 9.17) is 4.74 Å². The molecule has 1 aromatic heterocycles. The van der Waals surface area contributed by atoms with Gasteiger partial charge in [-0.15, -0.1) is 5.10 Å². The van der Waals surface area contributed by atoms with Gasteiger partial charge in [0.05, 0.1) is 6.61 Å². The number of hydrogen-bond acceptors (Lipinski definition) is 4. The van der Waals surface area contributed by atoms with Crippen molar-refractivity contribution in [2.45, 2.75) is 32.4 Å². The molecule has 1 aliphatic rings. The Bertz CT molecular complexity index is 893. The third kappa shape index (κ3) is 7.58. The largest absolute Gasteiger partial charge is 0.493 e. The van der Waals surface area contributed by atoms with Gasteiger partial charge in [0, 0.05) is 25.7 Å². The molecule has 1 unspecified atom stereocenters. The van der Waals surface area contributed by atoms with Gasteiger partial charge < -0.3 is 9.64 Å². The Morgan fingerprint density at radius 1 is 1.26 bits per heavy atom. The number of amides is 2. The Morgan fingerprint density at radius 2 is 2.03 bits per heavy atom. The minimum atomic E-state index is -4.19. The summed E-state index contributed by atoms with van der Waals surface area (Å²) < 4.78 is 42.9. The molecule has 3 rings (SSSR count). The van der Waals surface area contributed by atoms with Crippen LogP contribution in [0.15, 0.2) is 48.2 Å². The van der Waals surface area contributed by atoms with Crippen molar-refractivity contribution in [3.8, 4) is 5.75 Å². The summed E-state index contributed by atoms with van der Waals surface area (Å²) in [6, 6.07) is 10.5. The van der Waals surface area contributed by atoms with E-state index in [2.05, 4.69) is 15.5 Å². The predicted octanol–water partition coefficient (Wildman–Crippen LogP) is 5.16. The second-order valence-corrected chi connectivity index (χ2v) is 7.64. The van der Waals surface area contributed by atoms with Crippen LogP contribution < -0.4 is 10.1 Å². The molecule has 2 amide bonds. The van der Waals surface area contributed by atoms with Gasteiger partial charge in [0.15, 0.2) is 5.82 Å². The fourth-order valence-electron chi connectivity index (χ4n) is 3.32. The topological polar surface area (TPSA) is 67.3 Å². The zero-order valence-electron chi connectivity index (χ0n) is 17.2. The summed E-state index contributed by atoms with van der Waals surface area (Å²) in [5.41, 5.74) is 2.12. The van der Waals surface area contributed by atoms with Crippen molar-refractivity contribution >= 4 is 17.9 Å². The number of carbonyl (C=O) groups excluding carboxylic acids is 1. The fourth-order valence-corrected chi connectivity index (χ4v) is 3.32. The van der Waals surface area contributed by atoms with Gasteiger partial charge in [-0.2, -0.15) is 18.3 Å². The molecule has 166 valence electrons. The number of anilines is 1. The van der Waals surface area contributed by atoms with Crippen LogP contribution in [0.4, 0.5) is 23.8 Å². The number of carbonyl (C=O) groups is 1. The Kier molecular flexibility index (Phi) is 7.49. The highest BCUT2D eigenvalue weighted by Crippen LogP contribution is 2.26. The smallest absolute Gasteiger partial charge is 0.389 e. The number of aromatic nitrogens is 2. The number of alkyl halides is 3. The van der Waals surface area contributed by atoms with Gasteiger partial charge in [-0.05, 0) is 48.6 Å². The van der Waals surface area contributed by atoms with Crippen molar-refractivity contribution in [1.29, 1.82) is 0 Å². The molecule has 1 N–H and O–H groups in total. The molecule has 6 nitrogen and oxygen atoms in total. The minimum Gasteiger partial charge on any atom is -0.493 e. The maximum atomic E-state index is 12.4. The summed E-state index contributed by atoms with van der Waals surface area (Å²) in [4.78, 5) is 14.1. The zero-order valence-corrected chi connectivity index (χ0v) is 17.2. The standard InChI is InChI=1S/C22H25F3N4O2/c1-16(14-22(23,24)25)15-31-19-5-2-4-18(13-19)12-17-7-10-29(11-8-17)21(30)27-20-6-3-9-26-28-20/h2-6,9,12-13,16H,7-8,10-11,14-15H2,1H3,(H,27,28,30). The van der Waals surface area contributed by atoms with E-state index in [1.165, 1.54) is 18.7 Å². The van der Waals surface area contributed by atoms with Gasteiger partial charge in [0.2, 0.25) is 0 Å². The molecule has 2 aromatic rings. The van der Waals surface area contributed by atoms with E-state index in [9.17, 15) is 18.0 Å². The van der Waals surface area contributed by atoms with Crippen molar-refractivity contribution in [2.24, 2.45) is 5.92 Å². The first-order valence-electron chi connectivity index (χ1n) is 10.1. The third-order valence-corrected chi connectivity index (χ3v) is 4.84. The summed E-state index contributed by atoms with van der Waals surface area (Å²) >= 11 is 0. The molecule has 1 aliphatic heterocycles. The number of likely N-dealkylation sites (tertiary alicyclic amines) is 1. The summed E-state index contributed by atoms with van der Waals surface area (Å²) in [6.45, 7) is 2.70. The van der Waals surface area contributed by atoms with E-state index < -0.39 is 18.5 Å². The number of halogens is 3. The molecule has 1 atom stereocenters. The van der Waals surface area contributed by atoms with Gasteiger partial charge in [0.25, 0.3) is 0 Å². The van der Waals surface area contributed by atoms with E-state index in [1.807, 2.05) is 24.3 Å². The SMILES string of the molecule is CC(COc1cccc(C=C2CCN(C(=O)Nc3cccnn3)CC2)c1)CC(F)(F)F. The Labute approximate surface area is 179 Å². The van der Waals surface area contributed by atoms with E-state index >= 15 is 0 Å². The molecule has 1 fully saturated rings. The van der Waals surface area contributed by atoms with Crippen LogP contribution in [0.25, 0.3) is 6.08 Å². The molecular weight excluding hydrogens is 409 g/mol. The molecule has 0 bridgehead atoms. The van der Waals surface area contributed by atoms with Gasteiger partial charge >= 0.3 is 12.2 Å². The maximum absolute atomic E-state index is 12.4. The first kappa shape index (κ1) is 22.6. The lowest BCUT2D eigenvalue weighted by atomic mass is 10.0. The predicted molar refractivity (Wildman–Crippen MR) is 112 cm³/mol. The molecule has 0 spiro atoms. The molecule has 0 radical (unpaired) electrons. The summed E-state index contributed by atoms with van der Waals surface area (Å²) in [5.74, 6) is 0.346. The summed E-state index contributed by atoms with van der Waals surface area (Å²) in [5, 5.41) is 10.3. The molecule has 2 heterocycles. The van der Waals surface area contributed by atoms with Gasteiger partial charge in [-0.3, -0.25) is 5.32 Å². The molecule has 9 heteroatoms. The first-order valence-corrected chi connectivity index (χ1v) is 10.1. The maximum Gasteiger partial charge on any atom is 0.389 e. The zero-order chi connectivity index (χ0) is 22.3. The number of piperidine rings is 1. The van der Waals surface area contributed by atoms with Crippen LogP contribution in [-0.2, 0) is 0 Å². The lowest BCUT2D eigenvalue weighted by Gasteiger charge is -2.28. The number of urea groups is 1. The Hall–Kier alpha value is -3.10. The van der Waals surface area contributed by atoms with Crippen molar-refractivity contribution in [1.82, 2.24) is 15.1 Å². The molecule has 1 aromatic carbocycles. The summed E-state index contributed by atoms with van der Waals surface area (Å²) in [6.07, 6.45) is 0.0108. The average molecular weight is 434 g/mol. The minimum absolute atomic E-state index is 0.00932. The highest BCUT2D eigenvalue weighted by atomic mass is 19.4. The highest BCUT2D eigenvalue weighted by Gasteiger charge is 2.30. The van der Waals surface area contributed by atoms with Crippen LogP contribution in [0.2, 0.25) is 0 Å². The van der Waals surface area contributed by atoms with E-state index in [0.717, 1.165) is 18.4 Å². The van der Waals surface area contributed by atoms with Crippen LogP contribution in [0.5, 0.6) is 5.75 Å². The number of benzene rings is 1. The second kappa shape index (κ2) is 10.3. The highest BCUT2D eigenvalue weighted by molar-refractivity contribution is 5.88. The quantitative estimate of drug-likeness (QED) is 0.682. The van der Waals surface area contributed by atoms with Crippen molar-refractivity contribution in [2.75, 3.05) is 25.0 Å². The number of hydrogen-bond donors (Lipinski definition) is 1. The van der Waals surface area contributed by atoms with E-state index in [0.29, 0.717) is 24.7 Å². The van der Waals surface area contributed by atoms with Crippen molar-refractivity contribution in [3.05, 3.63) is 53.7 Å². The Morgan fingerprint density at radius 3 is 2.71 bits per heavy atom. The Balaban J connectivity index is 1.50. The number of nitrogens with one attached hydrogen (secondary N) is 1. The molecule has 0 aliphatic carbocycles. The second-order valence-electron chi connectivity index (χ2n) is 7.64. The van der Waals surface area contributed by atoms with Crippen molar-refractivity contribution in [3.63, 3.8) is 0 Å². The van der Waals surface area contributed by atoms with Crippen LogP contribution in [-0.4, -0.2) is 47.0 Å². The van der Waals surface area contributed by atoms with Crippen molar-refractivity contribution < 1.29 is 22.7 Å². The fraction of sp³-hybridized carbons (Fsp3) is 0.409. The van der Waals surface area contributed by atoms with Crippen LogP contribution in [0.3, 0.4) is 0 Å². The van der Waals surface area contributed by atoms with E-state index in [-0.39, 0.29) is 12.6 Å². The molecule has 0 saturated carbocycles. The lowest BCUT2D eigenvalue weighted by molar-refractivity contribution is -0.145. The first-order chi connectivity index (χ1) is 14.8. The summed E-state index contributed by atoms with van der Waals surface area (Å²) in [7, 11) is 0. The van der Waals surface area contributed by atoms with Crippen LogP contribution in [0.1, 0.15) is 31.7 Å². The van der Waals surface area contributed by atoms with Gasteiger partial charge in [-0.1, -0.05) is 30.7 Å². The number of rotatable bonds is 6. The van der Waals surface area contributed by atoms with E-state index in [1.54, 1.807) is 23.1 Å².